The summed E-state index contributed by atoms with van der Waals surface area (Å²) in [7, 11) is 0. The molecule has 2 aromatic rings. The second-order valence-corrected chi connectivity index (χ2v) is 6.87. The maximum atomic E-state index is 12.8. The Labute approximate surface area is 173 Å². The highest BCUT2D eigenvalue weighted by Gasteiger charge is 2.48. The molecule has 29 heavy (non-hydrogen) atoms. The topological polar surface area (TPSA) is 61.8 Å². The molecule has 0 radical (unpaired) electrons. The van der Waals surface area contributed by atoms with Crippen LogP contribution in [0, 0.1) is 5.41 Å². The lowest BCUT2D eigenvalue weighted by molar-refractivity contribution is -0.172. The van der Waals surface area contributed by atoms with Crippen LogP contribution in [0.1, 0.15) is 44.7 Å². The molecular formula is C24H30O5. The molecule has 0 spiro atoms. The van der Waals surface area contributed by atoms with Gasteiger partial charge in [0.15, 0.2) is 5.41 Å². The highest BCUT2D eigenvalue weighted by molar-refractivity contribution is 6.00. The predicted octanol–water partition coefficient (Wildman–Crippen LogP) is 4.72. The van der Waals surface area contributed by atoms with Gasteiger partial charge in [-0.3, -0.25) is 9.59 Å². The fourth-order valence-corrected chi connectivity index (χ4v) is 3.28. The van der Waals surface area contributed by atoms with Crippen molar-refractivity contribution in [2.45, 2.75) is 46.6 Å². The summed E-state index contributed by atoms with van der Waals surface area (Å²) >= 11 is 0. The van der Waals surface area contributed by atoms with Gasteiger partial charge in [-0.15, -0.1) is 0 Å². The van der Waals surface area contributed by atoms with Crippen molar-refractivity contribution in [3.05, 3.63) is 65.7 Å². The lowest BCUT2D eigenvalue weighted by Crippen LogP contribution is -2.44. The molecule has 5 nitrogen and oxygen atoms in total. The first-order valence-corrected chi connectivity index (χ1v) is 10.2. The Bertz CT molecular complexity index is 750. The van der Waals surface area contributed by atoms with Crippen molar-refractivity contribution >= 4 is 11.9 Å². The van der Waals surface area contributed by atoms with Gasteiger partial charge < -0.3 is 14.2 Å². The third-order valence-electron chi connectivity index (χ3n) is 4.69. The summed E-state index contributed by atoms with van der Waals surface area (Å²) in [6, 6.07) is 17.4. The van der Waals surface area contributed by atoms with Gasteiger partial charge in [0.1, 0.15) is 12.4 Å². The summed E-state index contributed by atoms with van der Waals surface area (Å²) in [4.78, 5) is 25.5. The molecule has 2 aromatic carbocycles. The number of benzene rings is 2. The molecule has 0 bridgehead atoms. The molecule has 0 N–H and O–H groups in total. The summed E-state index contributed by atoms with van der Waals surface area (Å²) in [5.41, 5.74) is 0.613. The molecule has 0 aromatic heterocycles. The van der Waals surface area contributed by atoms with Crippen LogP contribution in [-0.4, -0.2) is 25.2 Å². The largest absolute Gasteiger partial charge is 0.489 e. The van der Waals surface area contributed by atoms with Crippen LogP contribution in [0.5, 0.6) is 5.75 Å². The maximum absolute atomic E-state index is 12.8. The monoisotopic (exact) mass is 398 g/mol. The van der Waals surface area contributed by atoms with Crippen molar-refractivity contribution in [1.29, 1.82) is 0 Å². The number of hydrogen-bond acceptors (Lipinski definition) is 5. The second-order valence-electron chi connectivity index (χ2n) is 6.87. The van der Waals surface area contributed by atoms with Crippen molar-refractivity contribution in [1.82, 2.24) is 0 Å². The van der Waals surface area contributed by atoms with Crippen molar-refractivity contribution < 1.29 is 23.8 Å². The molecule has 0 fully saturated rings. The van der Waals surface area contributed by atoms with Crippen LogP contribution in [0.15, 0.2) is 54.6 Å². The number of esters is 2. The van der Waals surface area contributed by atoms with E-state index in [4.69, 9.17) is 14.2 Å². The predicted molar refractivity (Wildman–Crippen MR) is 112 cm³/mol. The number of carbonyl (C=O) groups excluding carboxylic acids is 2. The van der Waals surface area contributed by atoms with Gasteiger partial charge in [-0.25, -0.2) is 0 Å². The summed E-state index contributed by atoms with van der Waals surface area (Å²) in [5.74, 6) is -0.319. The molecular weight excluding hydrogens is 368 g/mol. The Morgan fingerprint density at radius 1 is 0.793 bits per heavy atom. The molecule has 0 saturated heterocycles. The summed E-state index contributed by atoms with van der Waals surface area (Å²) < 4.78 is 16.3. The van der Waals surface area contributed by atoms with Crippen LogP contribution in [0.25, 0.3) is 0 Å². The lowest BCUT2D eigenvalue weighted by atomic mass is 9.77. The first-order chi connectivity index (χ1) is 14.1. The second kappa shape index (κ2) is 11.2. The van der Waals surface area contributed by atoms with Crippen molar-refractivity contribution in [3.63, 3.8) is 0 Å². The molecule has 0 unspecified atom stereocenters. The van der Waals surface area contributed by atoms with Gasteiger partial charge in [-0.1, -0.05) is 55.8 Å². The van der Waals surface area contributed by atoms with Gasteiger partial charge in [0, 0.05) is 0 Å². The zero-order chi connectivity index (χ0) is 21.1. The van der Waals surface area contributed by atoms with Gasteiger partial charge >= 0.3 is 11.9 Å². The molecule has 2 rings (SSSR count). The maximum Gasteiger partial charge on any atom is 0.323 e. The van der Waals surface area contributed by atoms with E-state index in [1.807, 2.05) is 61.5 Å². The Hall–Kier alpha value is -2.82. The molecule has 0 amide bonds. The van der Waals surface area contributed by atoms with E-state index in [0.717, 1.165) is 16.9 Å². The number of ether oxygens (including phenoxy) is 3. The fourth-order valence-electron chi connectivity index (χ4n) is 3.28. The quantitative estimate of drug-likeness (QED) is 0.405. The zero-order valence-corrected chi connectivity index (χ0v) is 17.5. The molecule has 156 valence electrons. The Morgan fingerprint density at radius 2 is 1.38 bits per heavy atom. The Morgan fingerprint density at radius 3 is 1.90 bits per heavy atom. The summed E-state index contributed by atoms with van der Waals surface area (Å²) in [6.45, 7) is 6.32. The first kappa shape index (κ1) is 22.5. The third kappa shape index (κ3) is 6.08. The third-order valence-corrected chi connectivity index (χ3v) is 4.69. The molecule has 0 aliphatic carbocycles. The minimum absolute atomic E-state index is 0.218. The fraction of sp³-hybridized carbons (Fsp3) is 0.417. The lowest BCUT2D eigenvalue weighted by Gasteiger charge is -2.29. The molecule has 0 aliphatic heterocycles. The smallest absolute Gasteiger partial charge is 0.323 e. The number of rotatable bonds is 11. The van der Waals surface area contributed by atoms with Crippen LogP contribution in [-0.2, 0) is 32.1 Å². The van der Waals surface area contributed by atoms with E-state index in [0.29, 0.717) is 19.4 Å². The van der Waals surface area contributed by atoms with E-state index >= 15 is 0 Å². The highest BCUT2D eigenvalue weighted by Crippen LogP contribution is 2.33. The van der Waals surface area contributed by atoms with E-state index in [2.05, 4.69) is 0 Å². The van der Waals surface area contributed by atoms with Gasteiger partial charge in [0.2, 0.25) is 0 Å². The van der Waals surface area contributed by atoms with Crippen LogP contribution >= 0.6 is 0 Å². The van der Waals surface area contributed by atoms with E-state index in [1.165, 1.54) is 0 Å². The van der Waals surface area contributed by atoms with E-state index < -0.39 is 17.4 Å². The van der Waals surface area contributed by atoms with Gasteiger partial charge in [0.05, 0.1) is 13.2 Å². The van der Waals surface area contributed by atoms with Gasteiger partial charge in [-0.2, -0.15) is 0 Å². The zero-order valence-electron chi connectivity index (χ0n) is 17.5. The van der Waals surface area contributed by atoms with Crippen molar-refractivity contribution in [3.8, 4) is 5.75 Å². The number of hydrogen-bond donors (Lipinski definition) is 0. The van der Waals surface area contributed by atoms with Crippen LogP contribution in [0.3, 0.4) is 0 Å². The summed E-state index contributed by atoms with van der Waals surface area (Å²) in [5, 5.41) is 0. The van der Waals surface area contributed by atoms with E-state index in [-0.39, 0.29) is 19.6 Å². The van der Waals surface area contributed by atoms with E-state index in [9.17, 15) is 9.59 Å². The minimum Gasteiger partial charge on any atom is -0.489 e. The SMILES string of the molecule is CCCC(Cc1ccc(OCc2ccccc2)cc1)(C(=O)OCC)C(=O)OCC. The van der Waals surface area contributed by atoms with Crippen LogP contribution < -0.4 is 4.74 Å². The average molecular weight is 398 g/mol. The normalized spacial score (nSPS) is 11.0. The van der Waals surface area contributed by atoms with Crippen LogP contribution in [0.2, 0.25) is 0 Å². The van der Waals surface area contributed by atoms with Crippen LogP contribution in [0.4, 0.5) is 0 Å². The van der Waals surface area contributed by atoms with E-state index in [1.54, 1.807) is 13.8 Å². The Balaban J connectivity index is 2.16. The average Bonchev–Trinajstić information content (AvgIpc) is 2.74. The molecule has 0 saturated carbocycles. The first-order valence-electron chi connectivity index (χ1n) is 10.2. The van der Waals surface area contributed by atoms with Crippen molar-refractivity contribution in [2.75, 3.05) is 13.2 Å². The van der Waals surface area contributed by atoms with Gasteiger partial charge in [0.25, 0.3) is 0 Å². The molecule has 0 aliphatic rings. The highest BCUT2D eigenvalue weighted by atomic mass is 16.6. The van der Waals surface area contributed by atoms with Crippen molar-refractivity contribution in [2.24, 2.45) is 5.41 Å². The molecule has 5 heteroatoms. The van der Waals surface area contributed by atoms with Gasteiger partial charge in [-0.05, 0) is 49.9 Å². The summed E-state index contributed by atoms with van der Waals surface area (Å²) in [6.07, 6.45) is 1.27. The number of carbonyl (C=O) groups is 2. The standard InChI is InChI=1S/C24H30O5/c1-4-16-24(22(25)27-5-2,23(26)28-6-3)17-19-12-14-21(15-13-19)29-18-20-10-8-7-9-11-20/h7-15H,4-6,16-18H2,1-3H3. The minimum atomic E-state index is -1.33. The molecule has 0 heterocycles. The molecule has 0 atom stereocenters. The Kier molecular flexibility index (Phi) is 8.71.